The third kappa shape index (κ3) is 3.14. The van der Waals surface area contributed by atoms with E-state index in [2.05, 4.69) is 21.4 Å². The summed E-state index contributed by atoms with van der Waals surface area (Å²) < 4.78 is 1.86. The fraction of sp³-hybridized carbons (Fsp3) is 0.0588. The van der Waals surface area contributed by atoms with Crippen molar-refractivity contribution in [3.8, 4) is 0 Å². The quantitative estimate of drug-likeness (QED) is 0.716. The predicted octanol–water partition coefficient (Wildman–Crippen LogP) is 3.56. The van der Waals surface area contributed by atoms with Crippen molar-refractivity contribution in [3.05, 3.63) is 80.9 Å². The smallest absolute Gasteiger partial charge is 0.215 e. The Bertz CT molecular complexity index is 955. The second kappa shape index (κ2) is 6.72. The molecule has 2 heterocycles. The van der Waals surface area contributed by atoms with Gasteiger partial charge >= 0.3 is 0 Å². The molecule has 0 saturated carbocycles. The van der Waals surface area contributed by atoms with Crippen molar-refractivity contribution in [2.45, 2.75) is 11.2 Å². The van der Waals surface area contributed by atoms with Crippen molar-refractivity contribution in [3.63, 3.8) is 0 Å². The predicted molar refractivity (Wildman–Crippen MR) is 101 cm³/mol. The molecular weight excluding hydrogens is 377 g/mol. The first-order chi connectivity index (χ1) is 12.1. The van der Waals surface area contributed by atoms with E-state index in [1.165, 1.54) is 11.8 Å². The lowest BCUT2D eigenvalue weighted by Crippen LogP contribution is -2.55. The molecule has 0 fully saturated rings. The number of fused-ring (bicyclic) bond motifs is 1. The topological polar surface area (TPSA) is 70.4 Å². The van der Waals surface area contributed by atoms with Crippen LogP contribution in [0.15, 0.2) is 59.1 Å². The fourth-order valence-corrected chi connectivity index (χ4v) is 3.86. The second-order valence-corrected chi connectivity index (χ2v) is 7.20. The number of hydrogen-bond acceptors (Lipinski definition) is 4. The number of hydrogen-bond donors (Lipinski definition) is 2. The Hall–Kier alpha value is -1.99. The zero-order valence-electron chi connectivity index (χ0n) is 13.0. The summed E-state index contributed by atoms with van der Waals surface area (Å²) in [5.74, 6) is 0.740. The standard InChI is InChI=1S/C17H13Cl2N5S/c18-11-6-7-12(13(19)8-11)14-9-25-17-22-21-16(24(17)23-14)15(20)10-4-2-1-3-5-10/h1-9,15,23H,20H2/p+1/t15-/m1/s1. The van der Waals surface area contributed by atoms with E-state index >= 15 is 0 Å². The SMILES string of the molecule is [NH3+][C@H](c1ccccc1)c1nnc2n1NC(c1ccc(Cl)cc1Cl)=CS2. The van der Waals surface area contributed by atoms with Crippen LogP contribution >= 0.6 is 35.0 Å². The summed E-state index contributed by atoms with van der Waals surface area (Å²) in [5, 5.41) is 12.5. The van der Waals surface area contributed by atoms with Gasteiger partial charge in [-0.2, -0.15) is 0 Å². The zero-order chi connectivity index (χ0) is 17.4. The minimum atomic E-state index is -0.143. The van der Waals surface area contributed by atoms with Gasteiger partial charge in [0, 0.05) is 21.6 Å². The van der Waals surface area contributed by atoms with Gasteiger partial charge in [0.25, 0.3) is 0 Å². The van der Waals surface area contributed by atoms with E-state index in [1.807, 2.05) is 52.5 Å². The fourth-order valence-electron chi connectivity index (χ4n) is 2.61. The molecule has 1 aromatic heterocycles. The van der Waals surface area contributed by atoms with Crippen molar-refractivity contribution in [1.82, 2.24) is 14.9 Å². The van der Waals surface area contributed by atoms with Crippen LogP contribution in [-0.4, -0.2) is 14.9 Å². The van der Waals surface area contributed by atoms with Gasteiger partial charge in [0.05, 0.1) is 10.7 Å². The highest BCUT2D eigenvalue weighted by Crippen LogP contribution is 2.33. The molecule has 25 heavy (non-hydrogen) atoms. The molecule has 0 bridgehead atoms. The normalized spacial score (nSPS) is 14.4. The van der Waals surface area contributed by atoms with E-state index in [1.54, 1.807) is 6.07 Å². The number of thioether (sulfide) groups is 1. The van der Waals surface area contributed by atoms with Crippen LogP contribution in [0.5, 0.6) is 0 Å². The van der Waals surface area contributed by atoms with Crippen LogP contribution in [0.25, 0.3) is 5.70 Å². The summed E-state index contributed by atoms with van der Waals surface area (Å²) in [6.45, 7) is 0. The number of aromatic nitrogens is 3. The van der Waals surface area contributed by atoms with Gasteiger partial charge in [-0.05, 0) is 18.2 Å². The third-order valence-corrected chi connectivity index (χ3v) is 5.28. The molecule has 8 heteroatoms. The average Bonchev–Trinajstić information content (AvgIpc) is 3.05. The molecule has 0 unspecified atom stereocenters. The first kappa shape index (κ1) is 16.5. The van der Waals surface area contributed by atoms with Gasteiger partial charge in [-0.25, -0.2) is 4.68 Å². The van der Waals surface area contributed by atoms with Crippen LogP contribution in [0, 0.1) is 0 Å². The minimum Gasteiger partial charge on any atom is -0.345 e. The monoisotopic (exact) mass is 390 g/mol. The maximum atomic E-state index is 6.33. The van der Waals surface area contributed by atoms with Crippen LogP contribution in [0.3, 0.4) is 0 Å². The highest BCUT2D eigenvalue weighted by Gasteiger charge is 2.26. The Kier molecular flexibility index (Phi) is 4.43. The first-order valence-electron chi connectivity index (χ1n) is 7.56. The highest BCUT2D eigenvalue weighted by atomic mass is 35.5. The maximum absolute atomic E-state index is 6.33. The van der Waals surface area contributed by atoms with Crippen molar-refractivity contribution in [1.29, 1.82) is 0 Å². The van der Waals surface area contributed by atoms with Gasteiger partial charge in [0.15, 0.2) is 6.04 Å². The number of rotatable bonds is 3. The Morgan fingerprint density at radius 3 is 2.64 bits per heavy atom. The van der Waals surface area contributed by atoms with Crippen molar-refractivity contribution >= 4 is 40.7 Å². The zero-order valence-corrected chi connectivity index (χ0v) is 15.3. The molecule has 2 aromatic carbocycles. The highest BCUT2D eigenvalue weighted by molar-refractivity contribution is 8.02. The van der Waals surface area contributed by atoms with Crippen molar-refractivity contribution in [2.75, 3.05) is 5.43 Å². The van der Waals surface area contributed by atoms with E-state index < -0.39 is 0 Å². The van der Waals surface area contributed by atoms with Crippen LogP contribution in [-0.2, 0) is 0 Å². The lowest BCUT2D eigenvalue weighted by Gasteiger charge is -2.20. The molecule has 0 aliphatic carbocycles. The molecule has 0 amide bonds. The Balaban J connectivity index is 1.68. The molecule has 1 aliphatic rings. The van der Waals surface area contributed by atoms with E-state index in [0.29, 0.717) is 10.0 Å². The Morgan fingerprint density at radius 1 is 1.08 bits per heavy atom. The molecule has 0 radical (unpaired) electrons. The van der Waals surface area contributed by atoms with Gasteiger partial charge in [-0.3, -0.25) is 5.43 Å². The van der Waals surface area contributed by atoms with E-state index in [0.717, 1.165) is 27.8 Å². The summed E-state index contributed by atoms with van der Waals surface area (Å²) >= 11 is 13.8. The van der Waals surface area contributed by atoms with Crippen LogP contribution in [0.4, 0.5) is 0 Å². The number of quaternary nitrogens is 1. The van der Waals surface area contributed by atoms with Crippen molar-refractivity contribution < 1.29 is 5.73 Å². The van der Waals surface area contributed by atoms with Crippen LogP contribution < -0.4 is 11.2 Å². The molecule has 1 atom stereocenters. The summed E-state index contributed by atoms with van der Waals surface area (Å²) in [5.41, 5.74) is 10.4. The van der Waals surface area contributed by atoms with Crippen LogP contribution in [0.2, 0.25) is 10.0 Å². The van der Waals surface area contributed by atoms with Gasteiger partial charge < -0.3 is 5.73 Å². The van der Waals surface area contributed by atoms with E-state index in [9.17, 15) is 0 Å². The molecule has 4 N–H and O–H groups in total. The summed E-state index contributed by atoms with van der Waals surface area (Å²) in [4.78, 5) is 0. The number of nitrogens with one attached hydrogen (secondary N) is 1. The molecular formula is C17H14Cl2N5S+. The molecule has 3 aromatic rings. The van der Waals surface area contributed by atoms with Crippen molar-refractivity contribution in [2.24, 2.45) is 0 Å². The summed E-state index contributed by atoms with van der Waals surface area (Å²) in [6.07, 6.45) is 0. The molecule has 4 rings (SSSR count). The average molecular weight is 391 g/mol. The molecule has 126 valence electrons. The minimum absolute atomic E-state index is 0.143. The molecule has 0 spiro atoms. The van der Waals surface area contributed by atoms with Crippen LogP contribution in [0.1, 0.15) is 23.0 Å². The van der Waals surface area contributed by atoms with E-state index in [4.69, 9.17) is 23.2 Å². The molecule has 1 aliphatic heterocycles. The summed E-state index contributed by atoms with van der Waals surface area (Å²) in [7, 11) is 0. The van der Waals surface area contributed by atoms with E-state index in [-0.39, 0.29) is 6.04 Å². The largest absolute Gasteiger partial charge is 0.345 e. The van der Waals surface area contributed by atoms with Gasteiger partial charge in [0.1, 0.15) is 0 Å². The van der Waals surface area contributed by atoms with Gasteiger partial charge in [-0.1, -0.05) is 65.3 Å². The number of benzene rings is 2. The molecule has 5 nitrogen and oxygen atoms in total. The first-order valence-corrected chi connectivity index (χ1v) is 9.19. The lowest BCUT2D eigenvalue weighted by molar-refractivity contribution is -0.414. The lowest BCUT2D eigenvalue weighted by atomic mass is 10.1. The number of halogens is 2. The Labute approximate surface area is 158 Å². The van der Waals surface area contributed by atoms with Gasteiger partial charge in [-0.15, -0.1) is 10.2 Å². The maximum Gasteiger partial charge on any atom is 0.215 e. The summed E-state index contributed by atoms with van der Waals surface area (Å²) in [6, 6.07) is 15.3. The second-order valence-electron chi connectivity index (χ2n) is 5.52. The molecule has 0 saturated heterocycles. The Morgan fingerprint density at radius 2 is 1.88 bits per heavy atom. The third-order valence-electron chi connectivity index (χ3n) is 3.91. The number of nitrogens with zero attached hydrogens (tertiary/aromatic N) is 3. The van der Waals surface area contributed by atoms with Gasteiger partial charge in [0.2, 0.25) is 11.0 Å².